The van der Waals surface area contributed by atoms with Crippen molar-refractivity contribution in [2.24, 2.45) is 0 Å². The maximum absolute atomic E-state index is 12.1. The Morgan fingerprint density at radius 1 is 1.09 bits per heavy atom. The van der Waals surface area contributed by atoms with Crippen molar-refractivity contribution in [3.8, 4) is 5.75 Å². The molecule has 0 atom stereocenters. The molecule has 1 N–H and O–H groups in total. The van der Waals surface area contributed by atoms with Crippen molar-refractivity contribution in [2.75, 3.05) is 13.7 Å². The van der Waals surface area contributed by atoms with Crippen molar-refractivity contribution in [3.05, 3.63) is 71.3 Å². The van der Waals surface area contributed by atoms with E-state index in [0.717, 1.165) is 23.3 Å². The third kappa shape index (κ3) is 4.48. The number of para-hydroxylation sites is 1. The number of carbonyl (C=O) groups excluding carboxylic acids is 1. The van der Waals surface area contributed by atoms with Gasteiger partial charge in [0.2, 0.25) is 5.91 Å². The lowest BCUT2D eigenvalue weighted by atomic mass is 10.1. The minimum atomic E-state index is -0.0428. The van der Waals surface area contributed by atoms with Gasteiger partial charge < -0.3 is 10.1 Å². The van der Waals surface area contributed by atoms with Gasteiger partial charge in [0.1, 0.15) is 5.75 Å². The zero-order chi connectivity index (χ0) is 15.8. The van der Waals surface area contributed by atoms with Crippen LogP contribution in [0.3, 0.4) is 0 Å². The summed E-state index contributed by atoms with van der Waals surface area (Å²) in [5, 5.41) is 2.94. The quantitative estimate of drug-likeness (QED) is 0.829. The number of hydrogen-bond acceptors (Lipinski definition) is 2. The highest BCUT2D eigenvalue weighted by Crippen LogP contribution is 2.17. The minimum absolute atomic E-state index is 0.0428. The normalized spacial score (nSPS) is 11.1. The molecule has 2 aromatic rings. The van der Waals surface area contributed by atoms with Gasteiger partial charge in [-0.3, -0.25) is 4.79 Å². The summed E-state index contributed by atoms with van der Waals surface area (Å²) in [6.45, 7) is 2.41. The summed E-state index contributed by atoms with van der Waals surface area (Å²) in [6.07, 6.45) is 2.63. The summed E-state index contributed by atoms with van der Waals surface area (Å²) < 4.78 is 5.31. The largest absolute Gasteiger partial charge is 0.496 e. The SMILES string of the molecule is COc1ccccc1CCNC(=O)/C(C)=C/c1ccccc1. The second-order valence-corrected chi connectivity index (χ2v) is 5.06. The number of ether oxygens (including phenoxy) is 1. The zero-order valence-electron chi connectivity index (χ0n) is 13.0. The highest BCUT2D eigenvalue weighted by Gasteiger charge is 2.05. The molecule has 0 saturated carbocycles. The molecule has 0 aliphatic carbocycles. The van der Waals surface area contributed by atoms with E-state index >= 15 is 0 Å². The molecule has 0 bridgehead atoms. The first-order chi connectivity index (χ1) is 10.7. The van der Waals surface area contributed by atoms with Crippen molar-refractivity contribution >= 4 is 12.0 Å². The Hall–Kier alpha value is -2.55. The fourth-order valence-electron chi connectivity index (χ4n) is 2.22. The first-order valence-electron chi connectivity index (χ1n) is 7.34. The molecule has 0 heterocycles. The maximum Gasteiger partial charge on any atom is 0.246 e. The van der Waals surface area contributed by atoms with Crippen LogP contribution < -0.4 is 10.1 Å². The van der Waals surface area contributed by atoms with Crippen LogP contribution in [0.25, 0.3) is 6.08 Å². The van der Waals surface area contributed by atoms with Gasteiger partial charge in [-0.25, -0.2) is 0 Å². The van der Waals surface area contributed by atoms with Crippen LogP contribution in [0, 0.1) is 0 Å². The molecule has 2 rings (SSSR count). The van der Waals surface area contributed by atoms with Gasteiger partial charge in [-0.1, -0.05) is 48.5 Å². The molecule has 1 amide bonds. The molecule has 114 valence electrons. The lowest BCUT2D eigenvalue weighted by Crippen LogP contribution is -2.26. The second-order valence-electron chi connectivity index (χ2n) is 5.06. The smallest absolute Gasteiger partial charge is 0.246 e. The Kier molecular flexibility index (Phi) is 5.78. The summed E-state index contributed by atoms with van der Waals surface area (Å²) in [5.74, 6) is 0.812. The molecule has 0 radical (unpaired) electrons. The molecule has 0 aromatic heterocycles. The highest BCUT2D eigenvalue weighted by atomic mass is 16.5. The second kappa shape index (κ2) is 8.03. The molecular weight excluding hydrogens is 274 g/mol. The van der Waals surface area contributed by atoms with Crippen molar-refractivity contribution < 1.29 is 9.53 Å². The summed E-state index contributed by atoms with van der Waals surface area (Å²) in [6, 6.07) is 17.7. The Morgan fingerprint density at radius 3 is 2.50 bits per heavy atom. The van der Waals surface area contributed by atoms with Gasteiger partial charge in [0.15, 0.2) is 0 Å². The van der Waals surface area contributed by atoms with Crippen LogP contribution in [0.2, 0.25) is 0 Å². The molecule has 0 aliphatic rings. The average Bonchev–Trinajstić information content (AvgIpc) is 2.56. The van der Waals surface area contributed by atoms with E-state index in [1.807, 2.05) is 67.6 Å². The number of hydrogen-bond donors (Lipinski definition) is 1. The zero-order valence-corrected chi connectivity index (χ0v) is 13.0. The predicted octanol–water partition coefficient (Wildman–Crippen LogP) is 3.46. The third-order valence-corrected chi connectivity index (χ3v) is 3.41. The van der Waals surface area contributed by atoms with Gasteiger partial charge in [-0.2, -0.15) is 0 Å². The number of methoxy groups -OCH3 is 1. The Bertz CT molecular complexity index is 647. The molecular formula is C19H21NO2. The minimum Gasteiger partial charge on any atom is -0.496 e. The fraction of sp³-hybridized carbons (Fsp3) is 0.211. The van der Waals surface area contributed by atoms with Crippen molar-refractivity contribution in [2.45, 2.75) is 13.3 Å². The average molecular weight is 295 g/mol. The van der Waals surface area contributed by atoms with E-state index in [-0.39, 0.29) is 5.91 Å². The first kappa shape index (κ1) is 15.8. The standard InChI is InChI=1S/C19H21NO2/c1-15(14-16-8-4-3-5-9-16)19(21)20-13-12-17-10-6-7-11-18(17)22-2/h3-11,14H,12-13H2,1-2H3,(H,20,21)/b15-14+. The number of nitrogens with one attached hydrogen (secondary N) is 1. The van der Waals surface area contributed by atoms with Crippen LogP contribution in [0.15, 0.2) is 60.2 Å². The van der Waals surface area contributed by atoms with Crippen molar-refractivity contribution in [3.63, 3.8) is 0 Å². The number of carbonyl (C=O) groups is 1. The highest BCUT2D eigenvalue weighted by molar-refractivity contribution is 5.97. The molecule has 0 fully saturated rings. The molecule has 0 spiro atoms. The van der Waals surface area contributed by atoms with E-state index in [1.54, 1.807) is 7.11 Å². The Morgan fingerprint density at radius 2 is 1.77 bits per heavy atom. The van der Waals surface area contributed by atoms with Gasteiger partial charge >= 0.3 is 0 Å². The molecule has 3 nitrogen and oxygen atoms in total. The summed E-state index contributed by atoms with van der Waals surface area (Å²) in [7, 11) is 1.66. The van der Waals surface area contributed by atoms with Crippen LogP contribution >= 0.6 is 0 Å². The number of benzene rings is 2. The molecule has 0 unspecified atom stereocenters. The summed E-state index contributed by atoms with van der Waals surface area (Å²) >= 11 is 0. The molecule has 0 aliphatic heterocycles. The topological polar surface area (TPSA) is 38.3 Å². The van der Waals surface area contributed by atoms with Gasteiger partial charge in [0, 0.05) is 12.1 Å². The molecule has 22 heavy (non-hydrogen) atoms. The monoisotopic (exact) mass is 295 g/mol. The lowest BCUT2D eigenvalue weighted by molar-refractivity contribution is -0.117. The van der Waals surface area contributed by atoms with Gasteiger partial charge in [0.05, 0.1) is 7.11 Å². The molecule has 2 aromatic carbocycles. The van der Waals surface area contributed by atoms with Gasteiger partial charge in [-0.05, 0) is 36.6 Å². The summed E-state index contributed by atoms with van der Waals surface area (Å²) in [5.41, 5.74) is 2.82. The molecule has 0 saturated heterocycles. The van der Waals surface area contributed by atoms with Crippen LogP contribution in [0.1, 0.15) is 18.1 Å². The Balaban J connectivity index is 1.89. The maximum atomic E-state index is 12.1. The van der Waals surface area contributed by atoms with E-state index in [0.29, 0.717) is 12.1 Å². The molecule has 3 heteroatoms. The van der Waals surface area contributed by atoms with Crippen LogP contribution in [-0.4, -0.2) is 19.6 Å². The third-order valence-electron chi connectivity index (χ3n) is 3.41. The van der Waals surface area contributed by atoms with E-state index < -0.39 is 0 Å². The Labute approximate surface area is 131 Å². The number of amides is 1. The fourth-order valence-corrected chi connectivity index (χ4v) is 2.22. The van der Waals surface area contributed by atoms with Crippen LogP contribution in [-0.2, 0) is 11.2 Å². The van der Waals surface area contributed by atoms with Crippen LogP contribution in [0.5, 0.6) is 5.75 Å². The first-order valence-corrected chi connectivity index (χ1v) is 7.34. The van der Waals surface area contributed by atoms with Gasteiger partial charge in [0.25, 0.3) is 0 Å². The van der Waals surface area contributed by atoms with Crippen LogP contribution in [0.4, 0.5) is 0 Å². The lowest BCUT2D eigenvalue weighted by Gasteiger charge is -2.09. The summed E-state index contributed by atoms with van der Waals surface area (Å²) in [4.78, 5) is 12.1. The van der Waals surface area contributed by atoms with Crippen molar-refractivity contribution in [1.29, 1.82) is 0 Å². The number of rotatable bonds is 6. The van der Waals surface area contributed by atoms with E-state index in [2.05, 4.69) is 5.32 Å². The predicted molar refractivity (Wildman–Crippen MR) is 89.8 cm³/mol. The van der Waals surface area contributed by atoms with Crippen molar-refractivity contribution in [1.82, 2.24) is 5.32 Å². The van der Waals surface area contributed by atoms with E-state index in [1.165, 1.54) is 0 Å². The van der Waals surface area contributed by atoms with Gasteiger partial charge in [-0.15, -0.1) is 0 Å². The van der Waals surface area contributed by atoms with E-state index in [4.69, 9.17) is 4.74 Å². The van der Waals surface area contributed by atoms with E-state index in [9.17, 15) is 4.79 Å².